The molecule has 0 saturated heterocycles. The Morgan fingerprint density at radius 1 is 0.857 bits per heavy atom. The summed E-state index contributed by atoms with van der Waals surface area (Å²) in [6, 6.07) is 24.1. The maximum absolute atomic E-state index is 13.9. The van der Waals surface area contributed by atoms with E-state index >= 15 is 0 Å². The standard InChI is InChI=1S/C28H31N3O3S/c1-30(2)17-18-31(28-29-26-23(33-3)15-16-24(34-4)27(26)35-28)25(32)19-22(20-11-7-5-8-12-20)21-13-9-6-10-14-21/h5-16,22H,17-19H2,1-4H3. The highest BCUT2D eigenvalue weighted by Crippen LogP contribution is 2.40. The van der Waals surface area contributed by atoms with Gasteiger partial charge in [-0.3, -0.25) is 9.69 Å². The van der Waals surface area contributed by atoms with Crippen LogP contribution < -0.4 is 14.4 Å². The van der Waals surface area contributed by atoms with Gasteiger partial charge in [0.1, 0.15) is 21.7 Å². The first-order chi connectivity index (χ1) is 17.0. The molecule has 0 atom stereocenters. The third-order valence-electron chi connectivity index (χ3n) is 5.98. The summed E-state index contributed by atoms with van der Waals surface area (Å²) >= 11 is 1.46. The lowest BCUT2D eigenvalue weighted by Crippen LogP contribution is -2.37. The van der Waals surface area contributed by atoms with Gasteiger partial charge in [-0.05, 0) is 37.4 Å². The lowest BCUT2D eigenvalue weighted by atomic mass is 9.88. The summed E-state index contributed by atoms with van der Waals surface area (Å²) in [5.74, 6) is 1.36. The number of benzene rings is 3. The lowest BCUT2D eigenvalue weighted by molar-refractivity contribution is -0.118. The summed E-state index contributed by atoms with van der Waals surface area (Å²) in [6.07, 6.45) is 0.339. The van der Waals surface area contributed by atoms with E-state index in [0.717, 1.165) is 28.1 Å². The highest BCUT2D eigenvalue weighted by atomic mass is 32.1. The molecule has 0 unspecified atom stereocenters. The van der Waals surface area contributed by atoms with Crippen molar-refractivity contribution in [2.45, 2.75) is 12.3 Å². The first-order valence-corrected chi connectivity index (χ1v) is 12.4. The van der Waals surface area contributed by atoms with E-state index in [4.69, 9.17) is 14.5 Å². The van der Waals surface area contributed by atoms with Gasteiger partial charge in [0, 0.05) is 25.4 Å². The molecule has 1 heterocycles. The van der Waals surface area contributed by atoms with Crippen LogP contribution in [0.1, 0.15) is 23.5 Å². The van der Waals surface area contributed by atoms with E-state index < -0.39 is 0 Å². The quantitative estimate of drug-likeness (QED) is 0.297. The van der Waals surface area contributed by atoms with Crippen molar-refractivity contribution in [2.75, 3.05) is 46.3 Å². The molecule has 0 N–H and O–H groups in total. The predicted molar refractivity (Wildman–Crippen MR) is 143 cm³/mol. The number of ether oxygens (including phenoxy) is 2. The number of thiazole rings is 1. The summed E-state index contributed by atoms with van der Waals surface area (Å²) in [6.45, 7) is 1.25. The number of rotatable bonds is 10. The number of amides is 1. The Morgan fingerprint density at radius 3 is 1.97 bits per heavy atom. The number of carbonyl (C=O) groups excluding carboxylic acids is 1. The molecule has 3 aromatic carbocycles. The van der Waals surface area contributed by atoms with Crippen LogP contribution in [0, 0.1) is 0 Å². The number of anilines is 1. The second-order valence-corrected chi connectivity index (χ2v) is 9.55. The van der Waals surface area contributed by atoms with Gasteiger partial charge in [-0.25, -0.2) is 4.98 Å². The molecular weight excluding hydrogens is 458 g/mol. The van der Waals surface area contributed by atoms with Gasteiger partial charge in [0.25, 0.3) is 0 Å². The zero-order valence-corrected chi connectivity index (χ0v) is 21.4. The molecule has 0 aliphatic heterocycles. The minimum absolute atomic E-state index is 0.0292. The molecule has 0 radical (unpaired) electrons. The fourth-order valence-corrected chi connectivity index (χ4v) is 5.22. The molecule has 35 heavy (non-hydrogen) atoms. The highest BCUT2D eigenvalue weighted by Gasteiger charge is 2.26. The Labute approximate surface area is 210 Å². The average Bonchev–Trinajstić information content (AvgIpc) is 3.33. The van der Waals surface area contributed by atoms with E-state index in [1.54, 1.807) is 14.2 Å². The molecule has 4 aromatic rings. The number of hydrogen-bond acceptors (Lipinski definition) is 6. The molecule has 7 heteroatoms. The van der Waals surface area contributed by atoms with Gasteiger partial charge < -0.3 is 14.4 Å². The first-order valence-electron chi connectivity index (χ1n) is 11.6. The molecule has 0 fully saturated rings. The Bertz CT molecular complexity index is 1180. The van der Waals surface area contributed by atoms with E-state index in [1.165, 1.54) is 11.3 Å². The maximum Gasteiger partial charge on any atom is 0.229 e. The molecule has 182 valence electrons. The molecule has 1 aromatic heterocycles. The maximum atomic E-state index is 13.9. The van der Waals surface area contributed by atoms with Gasteiger partial charge in [0.05, 0.1) is 14.2 Å². The normalized spacial score (nSPS) is 11.3. The van der Waals surface area contributed by atoms with Crippen LogP contribution >= 0.6 is 11.3 Å². The van der Waals surface area contributed by atoms with Crippen molar-refractivity contribution in [3.05, 3.63) is 83.9 Å². The van der Waals surface area contributed by atoms with Crippen LogP contribution in [0.5, 0.6) is 11.5 Å². The summed E-state index contributed by atoms with van der Waals surface area (Å²) in [5, 5.41) is 0.648. The third kappa shape index (κ3) is 5.63. The zero-order chi connectivity index (χ0) is 24.8. The van der Waals surface area contributed by atoms with Crippen molar-refractivity contribution >= 4 is 32.6 Å². The molecule has 0 aliphatic carbocycles. The van der Waals surface area contributed by atoms with Crippen LogP contribution in [-0.4, -0.2) is 57.2 Å². The van der Waals surface area contributed by atoms with Crippen molar-refractivity contribution in [1.29, 1.82) is 0 Å². The molecule has 0 spiro atoms. The van der Waals surface area contributed by atoms with Crippen LogP contribution in [-0.2, 0) is 4.79 Å². The van der Waals surface area contributed by atoms with Crippen LogP contribution in [0.4, 0.5) is 5.13 Å². The Balaban J connectivity index is 1.72. The smallest absolute Gasteiger partial charge is 0.229 e. The molecular formula is C28H31N3O3S. The van der Waals surface area contributed by atoms with Crippen molar-refractivity contribution in [3.63, 3.8) is 0 Å². The average molecular weight is 490 g/mol. The van der Waals surface area contributed by atoms with Crippen molar-refractivity contribution < 1.29 is 14.3 Å². The van der Waals surface area contributed by atoms with Crippen LogP contribution in [0.15, 0.2) is 72.8 Å². The summed E-state index contributed by atoms with van der Waals surface area (Å²) in [7, 11) is 7.27. The van der Waals surface area contributed by atoms with Gasteiger partial charge in [0.2, 0.25) is 5.91 Å². The van der Waals surface area contributed by atoms with Gasteiger partial charge in [-0.1, -0.05) is 72.0 Å². The van der Waals surface area contributed by atoms with E-state index in [0.29, 0.717) is 29.4 Å². The summed E-state index contributed by atoms with van der Waals surface area (Å²) < 4.78 is 12.0. The third-order valence-corrected chi connectivity index (χ3v) is 7.08. The monoisotopic (exact) mass is 489 g/mol. The van der Waals surface area contributed by atoms with E-state index in [9.17, 15) is 4.79 Å². The SMILES string of the molecule is COc1ccc(OC)c2sc(N(CCN(C)C)C(=O)CC(c3ccccc3)c3ccccc3)nc12. The number of carbonyl (C=O) groups is 1. The van der Waals surface area contributed by atoms with E-state index in [1.807, 2.05) is 67.5 Å². The summed E-state index contributed by atoms with van der Waals surface area (Å²) in [5.41, 5.74) is 2.94. The van der Waals surface area contributed by atoms with Gasteiger partial charge in [-0.2, -0.15) is 0 Å². The first kappa shape index (κ1) is 24.7. The zero-order valence-electron chi connectivity index (χ0n) is 20.6. The van der Waals surface area contributed by atoms with E-state index in [2.05, 4.69) is 29.2 Å². The minimum atomic E-state index is -0.0507. The Morgan fingerprint density at radius 2 is 1.43 bits per heavy atom. The van der Waals surface area contributed by atoms with Gasteiger partial charge in [0.15, 0.2) is 5.13 Å². The highest BCUT2D eigenvalue weighted by molar-refractivity contribution is 7.22. The topological polar surface area (TPSA) is 54.9 Å². The Hall–Kier alpha value is -3.42. The molecule has 0 aliphatic rings. The van der Waals surface area contributed by atoms with E-state index in [-0.39, 0.29) is 11.8 Å². The number of fused-ring (bicyclic) bond motifs is 1. The fourth-order valence-electron chi connectivity index (χ4n) is 4.10. The van der Waals surface area contributed by atoms with Crippen LogP contribution in [0.3, 0.4) is 0 Å². The van der Waals surface area contributed by atoms with Crippen LogP contribution in [0.2, 0.25) is 0 Å². The lowest BCUT2D eigenvalue weighted by Gasteiger charge is -2.25. The molecule has 1 amide bonds. The number of nitrogens with zero attached hydrogens (tertiary/aromatic N) is 3. The van der Waals surface area contributed by atoms with Crippen molar-refractivity contribution in [1.82, 2.24) is 9.88 Å². The van der Waals surface area contributed by atoms with Crippen LogP contribution in [0.25, 0.3) is 10.2 Å². The number of hydrogen-bond donors (Lipinski definition) is 0. The van der Waals surface area contributed by atoms with Gasteiger partial charge in [-0.15, -0.1) is 0 Å². The molecule has 0 bridgehead atoms. The predicted octanol–water partition coefficient (Wildman–Crippen LogP) is 5.43. The second kappa shape index (κ2) is 11.3. The largest absolute Gasteiger partial charge is 0.495 e. The van der Waals surface area contributed by atoms with Crippen molar-refractivity contribution in [2.24, 2.45) is 0 Å². The summed E-state index contributed by atoms with van der Waals surface area (Å²) in [4.78, 5) is 22.6. The number of aromatic nitrogens is 1. The minimum Gasteiger partial charge on any atom is -0.495 e. The molecule has 4 rings (SSSR count). The number of methoxy groups -OCH3 is 2. The molecule has 6 nitrogen and oxygen atoms in total. The Kier molecular flexibility index (Phi) is 8.00. The van der Waals surface area contributed by atoms with Crippen molar-refractivity contribution in [3.8, 4) is 11.5 Å². The number of likely N-dealkylation sites (N-methyl/N-ethyl adjacent to an activating group) is 1. The molecule has 0 saturated carbocycles. The second-order valence-electron chi connectivity index (χ2n) is 8.57. The fraction of sp³-hybridized carbons (Fsp3) is 0.286. The van der Waals surface area contributed by atoms with Gasteiger partial charge >= 0.3 is 0 Å².